The van der Waals surface area contributed by atoms with E-state index in [-0.39, 0.29) is 5.97 Å². The topological polar surface area (TPSA) is 78.3 Å². The molecule has 0 unspecified atom stereocenters. The van der Waals surface area contributed by atoms with Gasteiger partial charge in [-0.05, 0) is 62.0 Å². The van der Waals surface area contributed by atoms with Crippen LogP contribution in [0.5, 0.6) is 0 Å². The summed E-state index contributed by atoms with van der Waals surface area (Å²) in [6.45, 7) is 4.35. The Hall–Kier alpha value is -1.71. The van der Waals surface area contributed by atoms with Crippen molar-refractivity contribution in [2.45, 2.75) is 57.8 Å². The SMILES string of the molecule is CCCOC(=O)c1c(C)c(N)c(C2CC2)c(N)c1C1CC1. The van der Waals surface area contributed by atoms with E-state index >= 15 is 0 Å². The zero-order chi connectivity index (χ0) is 15.1. The number of hydrogen-bond acceptors (Lipinski definition) is 4. The van der Waals surface area contributed by atoms with Gasteiger partial charge >= 0.3 is 5.97 Å². The van der Waals surface area contributed by atoms with Crippen LogP contribution < -0.4 is 11.5 Å². The summed E-state index contributed by atoms with van der Waals surface area (Å²) in [7, 11) is 0. The van der Waals surface area contributed by atoms with Crippen LogP contribution in [-0.4, -0.2) is 12.6 Å². The van der Waals surface area contributed by atoms with Crippen molar-refractivity contribution in [3.05, 3.63) is 22.3 Å². The van der Waals surface area contributed by atoms with Gasteiger partial charge in [-0.2, -0.15) is 0 Å². The first-order chi connectivity index (χ1) is 10.1. The van der Waals surface area contributed by atoms with Crippen LogP contribution >= 0.6 is 0 Å². The van der Waals surface area contributed by atoms with Crippen LogP contribution in [0.4, 0.5) is 11.4 Å². The molecule has 4 nitrogen and oxygen atoms in total. The van der Waals surface area contributed by atoms with Crippen molar-refractivity contribution in [2.24, 2.45) is 0 Å². The summed E-state index contributed by atoms with van der Waals surface area (Å²) < 4.78 is 5.35. The van der Waals surface area contributed by atoms with Gasteiger partial charge in [0.25, 0.3) is 0 Å². The van der Waals surface area contributed by atoms with Crippen LogP contribution in [0, 0.1) is 6.92 Å². The molecule has 1 aromatic rings. The lowest BCUT2D eigenvalue weighted by Crippen LogP contribution is -2.16. The van der Waals surface area contributed by atoms with Gasteiger partial charge in [-0.3, -0.25) is 0 Å². The molecule has 4 N–H and O–H groups in total. The lowest BCUT2D eigenvalue weighted by molar-refractivity contribution is 0.0503. The van der Waals surface area contributed by atoms with Gasteiger partial charge in [0, 0.05) is 16.9 Å². The lowest BCUT2D eigenvalue weighted by atomic mass is 9.89. The maximum atomic E-state index is 12.4. The predicted octanol–water partition coefficient (Wildman–Crippen LogP) is 3.48. The first kappa shape index (κ1) is 14.2. The highest BCUT2D eigenvalue weighted by Crippen LogP contribution is 2.53. The van der Waals surface area contributed by atoms with E-state index < -0.39 is 0 Å². The molecule has 0 saturated heterocycles. The molecule has 0 heterocycles. The average molecular weight is 288 g/mol. The van der Waals surface area contributed by atoms with E-state index in [1.807, 2.05) is 13.8 Å². The minimum atomic E-state index is -0.267. The predicted molar refractivity (Wildman–Crippen MR) is 84.5 cm³/mol. The molecule has 0 amide bonds. The largest absolute Gasteiger partial charge is 0.462 e. The van der Waals surface area contributed by atoms with Crippen molar-refractivity contribution >= 4 is 17.3 Å². The monoisotopic (exact) mass is 288 g/mol. The number of benzene rings is 1. The Morgan fingerprint density at radius 2 is 1.67 bits per heavy atom. The molecule has 114 valence electrons. The fourth-order valence-corrected chi connectivity index (χ4v) is 3.10. The number of hydrogen-bond donors (Lipinski definition) is 2. The van der Waals surface area contributed by atoms with E-state index in [0.29, 0.717) is 29.7 Å². The quantitative estimate of drug-likeness (QED) is 0.642. The number of anilines is 2. The van der Waals surface area contributed by atoms with Crippen molar-refractivity contribution in [3.8, 4) is 0 Å². The Bertz CT molecular complexity index is 587. The summed E-state index contributed by atoms with van der Waals surface area (Å²) in [5.41, 5.74) is 17.7. The normalized spacial score (nSPS) is 17.8. The number of nitrogen functional groups attached to an aromatic ring is 2. The van der Waals surface area contributed by atoms with Gasteiger partial charge in [0.1, 0.15) is 0 Å². The zero-order valence-electron chi connectivity index (χ0n) is 12.9. The average Bonchev–Trinajstić information content (AvgIpc) is 3.32. The molecule has 1 aromatic carbocycles. The third kappa shape index (κ3) is 2.47. The Balaban J connectivity index is 2.11. The Morgan fingerprint density at radius 3 is 2.19 bits per heavy atom. The standard InChI is InChI=1S/C17H24N2O2/c1-3-8-21-17(20)12-9(2)15(18)14(11-6-7-11)16(19)13(12)10-4-5-10/h10-11H,3-8,18-19H2,1-2H3. The molecule has 0 atom stereocenters. The number of carbonyl (C=O) groups is 1. The van der Waals surface area contributed by atoms with E-state index in [0.717, 1.165) is 54.5 Å². The number of nitrogens with two attached hydrogens (primary N) is 2. The smallest absolute Gasteiger partial charge is 0.338 e. The number of rotatable bonds is 5. The van der Waals surface area contributed by atoms with Crippen molar-refractivity contribution in [1.29, 1.82) is 0 Å². The summed E-state index contributed by atoms with van der Waals surface area (Å²) in [4.78, 5) is 12.4. The highest BCUT2D eigenvalue weighted by atomic mass is 16.5. The maximum absolute atomic E-state index is 12.4. The molecule has 0 aliphatic heterocycles. The Morgan fingerprint density at radius 1 is 1.10 bits per heavy atom. The first-order valence-electron chi connectivity index (χ1n) is 7.94. The molecule has 3 rings (SSSR count). The zero-order valence-corrected chi connectivity index (χ0v) is 12.9. The van der Waals surface area contributed by atoms with Gasteiger partial charge in [0.15, 0.2) is 0 Å². The second-order valence-electron chi connectivity index (χ2n) is 6.34. The molecule has 2 aliphatic carbocycles. The number of ether oxygens (including phenoxy) is 1. The minimum absolute atomic E-state index is 0.267. The van der Waals surface area contributed by atoms with Crippen LogP contribution in [-0.2, 0) is 4.74 Å². The first-order valence-corrected chi connectivity index (χ1v) is 7.94. The molecule has 21 heavy (non-hydrogen) atoms. The van der Waals surface area contributed by atoms with Crippen LogP contribution in [0.3, 0.4) is 0 Å². The second kappa shape index (κ2) is 5.24. The van der Waals surface area contributed by atoms with Crippen molar-refractivity contribution in [3.63, 3.8) is 0 Å². The molecular formula is C17H24N2O2. The molecule has 0 radical (unpaired) electrons. The van der Waals surface area contributed by atoms with Crippen molar-refractivity contribution < 1.29 is 9.53 Å². The lowest BCUT2D eigenvalue weighted by Gasteiger charge is -2.20. The van der Waals surface area contributed by atoms with Gasteiger partial charge in [0.2, 0.25) is 0 Å². The molecule has 2 aliphatic rings. The summed E-state index contributed by atoms with van der Waals surface area (Å²) in [5, 5.41) is 0. The number of esters is 1. The highest BCUT2D eigenvalue weighted by Gasteiger charge is 2.37. The summed E-state index contributed by atoms with van der Waals surface area (Å²) in [5.74, 6) is 0.630. The third-order valence-corrected chi connectivity index (χ3v) is 4.53. The van der Waals surface area contributed by atoms with E-state index in [1.165, 1.54) is 0 Å². The van der Waals surface area contributed by atoms with E-state index in [9.17, 15) is 4.79 Å². The second-order valence-corrected chi connectivity index (χ2v) is 6.34. The summed E-state index contributed by atoms with van der Waals surface area (Å²) in [6, 6.07) is 0. The maximum Gasteiger partial charge on any atom is 0.338 e. The Kier molecular flexibility index (Phi) is 3.56. The molecular weight excluding hydrogens is 264 g/mol. The van der Waals surface area contributed by atoms with Crippen LogP contribution in [0.25, 0.3) is 0 Å². The van der Waals surface area contributed by atoms with Gasteiger partial charge in [-0.25, -0.2) is 4.79 Å². The van der Waals surface area contributed by atoms with E-state index in [1.54, 1.807) is 0 Å². The van der Waals surface area contributed by atoms with Crippen molar-refractivity contribution in [2.75, 3.05) is 18.1 Å². The molecule has 4 heteroatoms. The van der Waals surface area contributed by atoms with Crippen LogP contribution in [0.15, 0.2) is 0 Å². The van der Waals surface area contributed by atoms with Gasteiger partial charge in [-0.15, -0.1) is 0 Å². The molecule has 0 bridgehead atoms. The summed E-state index contributed by atoms with van der Waals surface area (Å²) >= 11 is 0. The van der Waals surface area contributed by atoms with Gasteiger partial charge < -0.3 is 16.2 Å². The molecule has 2 fully saturated rings. The van der Waals surface area contributed by atoms with E-state index in [4.69, 9.17) is 16.2 Å². The fourth-order valence-electron chi connectivity index (χ4n) is 3.10. The van der Waals surface area contributed by atoms with Crippen molar-refractivity contribution in [1.82, 2.24) is 0 Å². The third-order valence-electron chi connectivity index (χ3n) is 4.53. The van der Waals surface area contributed by atoms with E-state index in [2.05, 4.69) is 0 Å². The summed E-state index contributed by atoms with van der Waals surface area (Å²) in [6.07, 6.45) is 5.32. The highest BCUT2D eigenvalue weighted by molar-refractivity contribution is 5.98. The molecule has 2 saturated carbocycles. The number of carbonyl (C=O) groups excluding carboxylic acids is 1. The minimum Gasteiger partial charge on any atom is -0.462 e. The Labute approximate surface area is 125 Å². The van der Waals surface area contributed by atoms with Crippen LogP contribution in [0.1, 0.15) is 77.9 Å². The van der Waals surface area contributed by atoms with Gasteiger partial charge in [0.05, 0.1) is 12.2 Å². The van der Waals surface area contributed by atoms with Gasteiger partial charge in [-0.1, -0.05) is 6.92 Å². The molecule has 0 spiro atoms. The molecule has 0 aromatic heterocycles. The fraction of sp³-hybridized carbons (Fsp3) is 0.588. The van der Waals surface area contributed by atoms with Crippen LogP contribution in [0.2, 0.25) is 0 Å².